The van der Waals surface area contributed by atoms with Gasteiger partial charge in [0.05, 0.1) is 22.5 Å². The van der Waals surface area contributed by atoms with Crippen LogP contribution in [0, 0.1) is 0 Å². The molecule has 1 heterocycles. The molecule has 1 N–H and O–H groups in total. The smallest absolute Gasteiger partial charge is 0.233 e. The number of rotatable bonds is 7. The van der Waals surface area contributed by atoms with Crippen molar-refractivity contribution < 1.29 is 9.00 Å². The lowest BCUT2D eigenvalue weighted by Gasteiger charge is -2.13. The Balaban J connectivity index is 1.82. The van der Waals surface area contributed by atoms with Crippen LogP contribution in [-0.2, 0) is 27.8 Å². The van der Waals surface area contributed by atoms with E-state index in [-0.39, 0.29) is 17.7 Å². The van der Waals surface area contributed by atoms with Gasteiger partial charge < -0.3 is 5.32 Å². The van der Waals surface area contributed by atoms with Crippen molar-refractivity contribution in [3.05, 3.63) is 52.0 Å². The standard InChI is InChI=1S/C16H20N2O2S2/c1-3-16-18-14(9-21-16)10-22(20)11-15(19)17-12(2)13-7-5-4-6-8-13/h4-9,12H,3,10-11H2,1-2H3,(H,17,19)/t12-,22-/m1/s1. The summed E-state index contributed by atoms with van der Waals surface area (Å²) in [6.07, 6.45) is 0.881. The van der Waals surface area contributed by atoms with Gasteiger partial charge in [-0.2, -0.15) is 0 Å². The van der Waals surface area contributed by atoms with Crippen molar-refractivity contribution in [2.24, 2.45) is 0 Å². The van der Waals surface area contributed by atoms with Crippen molar-refractivity contribution in [3.8, 4) is 0 Å². The number of thiazole rings is 1. The molecule has 118 valence electrons. The summed E-state index contributed by atoms with van der Waals surface area (Å²) in [5.74, 6) is 0.153. The highest BCUT2D eigenvalue weighted by Gasteiger charge is 2.13. The first kappa shape index (κ1) is 16.8. The van der Waals surface area contributed by atoms with Crippen molar-refractivity contribution >= 4 is 28.0 Å². The molecule has 2 aromatic rings. The number of benzene rings is 1. The molecule has 0 aliphatic heterocycles. The third-order valence-electron chi connectivity index (χ3n) is 3.18. The maximum atomic E-state index is 12.1. The van der Waals surface area contributed by atoms with Gasteiger partial charge >= 0.3 is 0 Å². The number of aryl methyl sites for hydroxylation is 1. The van der Waals surface area contributed by atoms with E-state index in [4.69, 9.17) is 0 Å². The van der Waals surface area contributed by atoms with Crippen molar-refractivity contribution in [2.75, 3.05) is 5.75 Å². The van der Waals surface area contributed by atoms with Gasteiger partial charge in [-0.1, -0.05) is 37.3 Å². The third kappa shape index (κ3) is 5.03. The Morgan fingerprint density at radius 1 is 1.36 bits per heavy atom. The van der Waals surface area contributed by atoms with Crippen LogP contribution in [-0.4, -0.2) is 20.9 Å². The summed E-state index contributed by atoms with van der Waals surface area (Å²) in [6, 6.07) is 9.64. The molecule has 6 heteroatoms. The molecule has 1 amide bonds. The Hall–Kier alpha value is -1.53. The van der Waals surface area contributed by atoms with Gasteiger partial charge in [-0.05, 0) is 18.9 Å². The predicted octanol–water partition coefficient (Wildman–Crippen LogP) is 2.83. The Kier molecular flexibility index (Phi) is 6.27. The molecule has 0 aliphatic carbocycles. The lowest BCUT2D eigenvalue weighted by atomic mass is 10.1. The minimum absolute atomic E-state index is 0.0101. The predicted molar refractivity (Wildman–Crippen MR) is 91.2 cm³/mol. The second-order valence-corrected chi connectivity index (χ2v) is 7.41. The van der Waals surface area contributed by atoms with Crippen LogP contribution >= 0.6 is 11.3 Å². The van der Waals surface area contributed by atoms with E-state index in [1.807, 2.05) is 49.6 Å². The highest BCUT2D eigenvalue weighted by atomic mass is 32.2. The summed E-state index contributed by atoms with van der Waals surface area (Å²) in [5.41, 5.74) is 1.85. The molecule has 1 aromatic carbocycles. The van der Waals surface area contributed by atoms with Gasteiger partial charge in [0, 0.05) is 16.2 Å². The van der Waals surface area contributed by atoms with Crippen LogP contribution in [0.2, 0.25) is 0 Å². The second-order valence-electron chi connectivity index (χ2n) is 5.01. The highest BCUT2D eigenvalue weighted by molar-refractivity contribution is 7.84. The molecule has 0 spiro atoms. The molecule has 0 bridgehead atoms. The molecule has 1 aromatic heterocycles. The summed E-state index contributed by atoms with van der Waals surface area (Å²) in [7, 11) is -1.23. The van der Waals surface area contributed by atoms with E-state index >= 15 is 0 Å². The van der Waals surface area contributed by atoms with E-state index in [2.05, 4.69) is 10.3 Å². The quantitative estimate of drug-likeness (QED) is 0.846. The minimum Gasteiger partial charge on any atom is -0.349 e. The van der Waals surface area contributed by atoms with Crippen LogP contribution < -0.4 is 5.32 Å². The van der Waals surface area contributed by atoms with E-state index in [0.717, 1.165) is 22.7 Å². The van der Waals surface area contributed by atoms with Gasteiger partial charge in [0.15, 0.2) is 0 Å². The molecule has 0 saturated carbocycles. The van der Waals surface area contributed by atoms with E-state index < -0.39 is 10.8 Å². The zero-order chi connectivity index (χ0) is 15.9. The fraction of sp³-hybridized carbons (Fsp3) is 0.375. The molecule has 0 aliphatic rings. The zero-order valence-electron chi connectivity index (χ0n) is 12.7. The number of hydrogen-bond donors (Lipinski definition) is 1. The first-order chi connectivity index (χ1) is 10.6. The summed E-state index contributed by atoms with van der Waals surface area (Å²) in [6.45, 7) is 3.96. The molecule has 2 rings (SSSR count). The first-order valence-corrected chi connectivity index (χ1v) is 9.57. The maximum Gasteiger partial charge on any atom is 0.233 e. The van der Waals surface area contributed by atoms with Crippen LogP contribution in [0.1, 0.15) is 36.2 Å². The fourth-order valence-corrected chi connectivity index (χ4v) is 3.85. The van der Waals surface area contributed by atoms with Crippen LogP contribution in [0.25, 0.3) is 0 Å². The van der Waals surface area contributed by atoms with Crippen LogP contribution in [0.3, 0.4) is 0 Å². The topological polar surface area (TPSA) is 59.1 Å². The molecule has 0 saturated heterocycles. The fourth-order valence-electron chi connectivity index (χ4n) is 2.05. The average molecular weight is 336 g/mol. The third-order valence-corrected chi connectivity index (χ3v) is 5.42. The van der Waals surface area contributed by atoms with Gasteiger partial charge in [-0.3, -0.25) is 9.00 Å². The Morgan fingerprint density at radius 2 is 2.09 bits per heavy atom. The van der Waals surface area contributed by atoms with Crippen LogP contribution in [0.5, 0.6) is 0 Å². The highest BCUT2D eigenvalue weighted by Crippen LogP contribution is 2.13. The maximum absolute atomic E-state index is 12.1. The van der Waals surface area contributed by atoms with Crippen molar-refractivity contribution in [2.45, 2.75) is 32.1 Å². The summed E-state index contributed by atoms with van der Waals surface area (Å²) >= 11 is 1.57. The summed E-state index contributed by atoms with van der Waals surface area (Å²) in [5, 5.41) is 5.83. The minimum atomic E-state index is -1.23. The number of nitrogens with one attached hydrogen (secondary N) is 1. The largest absolute Gasteiger partial charge is 0.349 e. The summed E-state index contributed by atoms with van der Waals surface area (Å²) < 4.78 is 12.1. The number of amides is 1. The Labute approximate surface area is 137 Å². The van der Waals surface area contributed by atoms with Gasteiger partial charge in [0.2, 0.25) is 5.91 Å². The zero-order valence-corrected chi connectivity index (χ0v) is 14.4. The van der Waals surface area contributed by atoms with E-state index in [0.29, 0.717) is 5.75 Å². The molecular formula is C16H20N2O2S2. The molecule has 0 unspecified atom stereocenters. The Bertz CT molecular complexity index is 641. The van der Waals surface area contributed by atoms with Crippen molar-refractivity contribution in [1.82, 2.24) is 10.3 Å². The average Bonchev–Trinajstić information content (AvgIpc) is 2.95. The monoisotopic (exact) mass is 336 g/mol. The van der Waals surface area contributed by atoms with Crippen molar-refractivity contribution in [3.63, 3.8) is 0 Å². The summed E-state index contributed by atoms with van der Waals surface area (Å²) in [4.78, 5) is 16.3. The normalized spacial score (nSPS) is 13.5. The lowest BCUT2D eigenvalue weighted by Crippen LogP contribution is -2.31. The van der Waals surface area contributed by atoms with Gasteiger partial charge in [-0.25, -0.2) is 4.98 Å². The number of aromatic nitrogens is 1. The molecule has 2 atom stereocenters. The van der Waals surface area contributed by atoms with Gasteiger partial charge in [0.25, 0.3) is 0 Å². The van der Waals surface area contributed by atoms with Gasteiger partial charge in [-0.15, -0.1) is 11.3 Å². The lowest BCUT2D eigenvalue weighted by molar-refractivity contribution is -0.119. The molecule has 0 fully saturated rings. The van der Waals surface area contributed by atoms with E-state index in [1.165, 1.54) is 0 Å². The first-order valence-electron chi connectivity index (χ1n) is 7.21. The van der Waals surface area contributed by atoms with E-state index in [9.17, 15) is 9.00 Å². The van der Waals surface area contributed by atoms with Crippen molar-refractivity contribution in [1.29, 1.82) is 0 Å². The molecule has 0 radical (unpaired) electrons. The molecule has 4 nitrogen and oxygen atoms in total. The number of hydrogen-bond acceptors (Lipinski definition) is 4. The van der Waals surface area contributed by atoms with E-state index in [1.54, 1.807) is 11.3 Å². The SMILES string of the molecule is CCc1nc(C[S@@](=O)CC(=O)N[C@H](C)c2ccccc2)cs1. The molecule has 22 heavy (non-hydrogen) atoms. The second kappa shape index (κ2) is 8.19. The van der Waals surface area contributed by atoms with Gasteiger partial charge in [0.1, 0.15) is 5.75 Å². The molecular weight excluding hydrogens is 316 g/mol. The Morgan fingerprint density at radius 3 is 2.73 bits per heavy atom. The van der Waals surface area contributed by atoms with Crippen LogP contribution in [0.4, 0.5) is 0 Å². The number of nitrogens with zero attached hydrogens (tertiary/aromatic N) is 1. The number of carbonyl (C=O) groups excluding carboxylic acids is 1. The van der Waals surface area contributed by atoms with Crippen LogP contribution in [0.15, 0.2) is 35.7 Å². The number of carbonyl (C=O) groups is 1.